The fourth-order valence-electron chi connectivity index (χ4n) is 1.94. The van der Waals surface area contributed by atoms with Crippen LogP contribution in [-0.4, -0.2) is 6.54 Å². The van der Waals surface area contributed by atoms with E-state index < -0.39 is 0 Å². The lowest BCUT2D eigenvalue weighted by atomic mass is 10.0. The maximum Gasteiger partial charge on any atom is 0.124 e. The van der Waals surface area contributed by atoms with Crippen molar-refractivity contribution in [3.05, 3.63) is 47.3 Å². The zero-order chi connectivity index (χ0) is 13.4. The molecule has 0 saturated carbocycles. The first-order valence-electron chi connectivity index (χ1n) is 6.48. The van der Waals surface area contributed by atoms with Gasteiger partial charge in [-0.05, 0) is 49.9 Å². The monoisotopic (exact) mass is 269 g/mol. The third-order valence-electron chi connectivity index (χ3n) is 2.88. The maximum absolute atomic E-state index is 13.1. The highest BCUT2D eigenvalue weighted by Gasteiger charge is 2.14. The van der Waals surface area contributed by atoms with Crippen LogP contribution in [0.25, 0.3) is 0 Å². The summed E-state index contributed by atoms with van der Waals surface area (Å²) in [5, 5.41) is 3.97. The summed E-state index contributed by atoms with van der Waals surface area (Å²) in [5.74, 6) is -0.288. The van der Waals surface area contributed by atoms with Gasteiger partial charge in [0.2, 0.25) is 0 Å². The Labute approximate surface area is 114 Å². The molecule has 0 aliphatic rings. The Morgan fingerprint density at radius 2 is 2.28 bits per heavy atom. The molecular formula is C15H21ClFN. The predicted octanol–water partition coefficient (Wildman–Crippen LogP) is 4.88. The SMILES string of the molecule is C=CCCCC(NCCC)c1ccc(F)cc1Cl. The van der Waals surface area contributed by atoms with E-state index >= 15 is 0 Å². The average Bonchev–Trinajstić information content (AvgIpc) is 2.34. The first-order chi connectivity index (χ1) is 8.69. The van der Waals surface area contributed by atoms with Crippen molar-refractivity contribution in [1.82, 2.24) is 5.32 Å². The maximum atomic E-state index is 13.1. The molecule has 3 heteroatoms. The summed E-state index contributed by atoms with van der Waals surface area (Å²) in [7, 11) is 0. The summed E-state index contributed by atoms with van der Waals surface area (Å²) in [4.78, 5) is 0. The lowest BCUT2D eigenvalue weighted by Crippen LogP contribution is -2.22. The molecule has 1 nitrogen and oxygen atoms in total. The van der Waals surface area contributed by atoms with Crippen LogP contribution in [0.2, 0.25) is 5.02 Å². The number of allylic oxidation sites excluding steroid dienone is 1. The molecule has 0 saturated heterocycles. The van der Waals surface area contributed by atoms with Gasteiger partial charge in [-0.25, -0.2) is 4.39 Å². The number of hydrogen-bond acceptors (Lipinski definition) is 1. The number of halogens is 2. The second-order valence-corrected chi connectivity index (χ2v) is 4.80. The van der Waals surface area contributed by atoms with Gasteiger partial charge in [0.1, 0.15) is 5.82 Å². The van der Waals surface area contributed by atoms with Crippen LogP contribution in [0, 0.1) is 5.82 Å². The summed E-state index contributed by atoms with van der Waals surface area (Å²) in [6.45, 7) is 6.79. The van der Waals surface area contributed by atoms with Crippen molar-refractivity contribution in [2.45, 2.75) is 38.6 Å². The predicted molar refractivity (Wildman–Crippen MR) is 76.5 cm³/mol. The lowest BCUT2D eigenvalue weighted by Gasteiger charge is -2.20. The second-order valence-electron chi connectivity index (χ2n) is 4.39. The molecular weight excluding hydrogens is 249 g/mol. The van der Waals surface area contributed by atoms with Gasteiger partial charge in [-0.2, -0.15) is 0 Å². The first kappa shape index (κ1) is 15.2. The van der Waals surface area contributed by atoms with Crippen LogP contribution in [0.5, 0.6) is 0 Å². The van der Waals surface area contributed by atoms with Crippen LogP contribution in [0.4, 0.5) is 4.39 Å². The topological polar surface area (TPSA) is 12.0 Å². The van der Waals surface area contributed by atoms with E-state index in [9.17, 15) is 4.39 Å². The number of benzene rings is 1. The van der Waals surface area contributed by atoms with Gasteiger partial charge in [-0.15, -0.1) is 6.58 Å². The van der Waals surface area contributed by atoms with Crippen molar-refractivity contribution in [3.8, 4) is 0 Å². The van der Waals surface area contributed by atoms with Gasteiger partial charge in [0, 0.05) is 11.1 Å². The average molecular weight is 270 g/mol. The van der Waals surface area contributed by atoms with Crippen LogP contribution < -0.4 is 5.32 Å². The second kappa shape index (κ2) is 8.28. The van der Waals surface area contributed by atoms with E-state index in [0.29, 0.717) is 5.02 Å². The van der Waals surface area contributed by atoms with Gasteiger partial charge in [-0.3, -0.25) is 0 Å². The summed E-state index contributed by atoms with van der Waals surface area (Å²) >= 11 is 6.12. The minimum atomic E-state index is -0.288. The molecule has 0 fully saturated rings. The number of unbranched alkanes of at least 4 members (excludes halogenated alkanes) is 1. The van der Waals surface area contributed by atoms with E-state index in [1.807, 2.05) is 6.08 Å². The van der Waals surface area contributed by atoms with Crippen molar-refractivity contribution < 1.29 is 4.39 Å². The molecule has 0 aliphatic heterocycles. The van der Waals surface area contributed by atoms with Crippen LogP contribution in [-0.2, 0) is 0 Å². The highest BCUT2D eigenvalue weighted by molar-refractivity contribution is 6.31. The quantitative estimate of drug-likeness (QED) is 0.524. The van der Waals surface area contributed by atoms with E-state index in [0.717, 1.165) is 37.8 Å². The summed E-state index contributed by atoms with van der Waals surface area (Å²) in [6, 6.07) is 4.82. The highest BCUT2D eigenvalue weighted by Crippen LogP contribution is 2.27. The molecule has 0 amide bonds. The molecule has 1 rings (SSSR count). The first-order valence-corrected chi connectivity index (χ1v) is 6.86. The molecule has 0 aromatic heterocycles. The van der Waals surface area contributed by atoms with E-state index in [1.165, 1.54) is 12.1 Å². The third kappa shape index (κ3) is 4.79. The molecule has 1 aromatic carbocycles. The van der Waals surface area contributed by atoms with Crippen molar-refractivity contribution in [2.75, 3.05) is 6.54 Å². The van der Waals surface area contributed by atoms with Gasteiger partial charge >= 0.3 is 0 Å². The third-order valence-corrected chi connectivity index (χ3v) is 3.21. The Bertz CT molecular complexity index is 379. The van der Waals surface area contributed by atoms with E-state index in [-0.39, 0.29) is 11.9 Å². The molecule has 18 heavy (non-hydrogen) atoms. The summed E-state index contributed by atoms with van der Waals surface area (Å²) in [6.07, 6.45) is 6.01. The molecule has 0 bridgehead atoms. The molecule has 0 aliphatic carbocycles. The van der Waals surface area contributed by atoms with Gasteiger partial charge in [-0.1, -0.05) is 30.7 Å². The fourth-order valence-corrected chi connectivity index (χ4v) is 2.24. The fraction of sp³-hybridized carbons (Fsp3) is 0.467. The molecule has 0 spiro atoms. The normalized spacial score (nSPS) is 12.4. The van der Waals surface area contributed by atoms with Crippen molar-refractivity contribution in [3.63, 3.8) is 0 Å². The van der Waals surface area contributed by atoms with Crippen LogP contribution >= 0.6 is 11.6 Å². The van der Waals surface area contributed by atoms with Crippen LogP contribution in [0.1, 0.15) is 44.2 Å². The Kier molecular flexibility index (Phi) is 6.99. The number of hydrogen-bond donors (Lipinski definition) is 1. The van der Waals surface area contributed by atoms with Gasteiger partial charge in [0.05, 0.1) is 0 Å². The van der Waals surface area contributed by atoms with Crippen LogP contribution in [0.3, 0.4) is 0 Å². The summed E-state index contributed by atoms with van der Waals surface area (Å²) in [5.41, 5.74) is 0.982. The standard InChI is InChI=1S/C15H21ClFN/c1-3-5-6-7-15(18-10-4-2)13-9-8-12(17)11-14(13)16/h3,8-9,11,15,18H,1,4-7,10H2,2H3. The Balaban J connectivity index is 2.76. The van der Waals surface area contributed by atoms with Crippen molar-refractivity contribution in [2.24, 2.45) is 0 Å². The van der Waals surface area contributed by atoms with Gasteiger partial charge < -0.3 is 5.32 Å². The molecule has 1 unspecified atom stereocenters. The summed E-state index contributed by atoms with van der Waals surface area (Å²) < 4.78 is 13.1. The van der Waals surface area contributed by atoms with E-state index in [1.54, 1.807) is 6.07 Å². The van der Waals surface area contributed by atoms with E-state index in [4.69, 9.17) is 11.6 Å². The number of rotatable bonds is 8. The Morgan fingerprint density at radius 1 is 1.50 bits per heavy atom. The molecule has 1 aromatic rings. The zero-order valence-corrected chi connectivity index (χ0v) is 11.6. The Hall–Kier alpha value is -0.860. The van der Waals surface area contributed by atoms with Crippen molar-refractivity contribution >= 4 is 11.6 Å². The molecule has 100 valence electrons. The van der Waals surface area contributed by atoms with Gasteiger partial charge in [0.15, 0.2) is 0 Å². The van der Waals surface area contributed by atoms with Crippen molar-refractivity contribution in [1.29, 1.82) is 0 Å². The largest absolute Gasteiger partial charge is 0.310 e. The van der Waals surface area contributed by atoms with E-state index in [2.05, 4.69) is 18.8 Å². The molecule has 1 atom stereocenters. The lowest BCUT2D eigenvalue weighted by molar-refractivity contribution is 0.485. The molecule has 1 N–H and O–H groups in total. The van der Waals surface area contributed by atoms with Gasteiger partial charge in [0.25, 0.3) is 0 Å². The number of nitrogens with one attached hydrogen (secondary N) is 1. The smallest absolute Gasteiger partial charge is 0.124 e. The molecule has 0 radical (unpaired) electrons. The van der Waals surface area contributed by atoms with Crippen LogP contribution in [0.15, 0.2) is 30.9 Å². The zero-order valence-electron chi connectivity index (χ0n) is 10.9. The molecule has 0 heterocycles. The minimum absolute atomic E-state index is 0.193. The Morgan fingerprint density at radius 3 is 2.89 bits per heavy atom. The minimum Gasteiger partial charge on any atom is -0.310 e. The highest BCUT2D eigenvalue weighted by atomic mass is 35.5.